The van der Waals surface area contributed by atoms with E-state index in [1.54, 1.807) is 4.88 Å². The number of aryl methyl sites for hydroxylation is 1. The summed E-state index contributed by atoms with van der Waals surface area (Å²) in [6, 6.07) is 2.88. The molecule has 0 radical (unpaired) electrons. The van der Waals surface area contributed by atoms with E-state index in [0.29, 0.717) is 12.0 Å². The lowest BCUT2D eigenvalue weighted by molar-refractivity contribution is -0.140. The molecule has 160 valence electrons. The minimum Gasteiger partial charge on any atom is -0.370 e. The summed E-state index contributed by atoms with van der Waals surface area (Å²) in [6.45, 7) is 10.7. The molecule has 1 spiro atoms. The molecular weight excluding hydrogens is 386 g/mol. The van der Waals surface area contributed by atoms with Crippen LogP contribution in [0, 0.1) is 5.92 Å². The standard InChI is InChI=1S/C22H33N3O3S/c1-4-18-9-19-20(29-18)5-8-28-22(19)6-7-24(15(2)10-22)12-17-13-25(14-17)21(27)11-23-16(3)26/h9,15,17H,4-8,10-14H2,1-3H3,(H,23,26)/t15-,22+/m0/s1. The van der Waals surface area contributed by atoms with E-state index in [-0.39, 0.29) is 24.0 Å². The highest BCUT2D eigenvalue weighted by Gasteiger charge is 2.45. The highest BCUT2D eigenvalue weighted by molar-refractivity contribution is 7.12. The van der Waals surface area contributed by atoms with Crippen LogP contribution in [0.15, 0.2) is 6.07 Å². The molecule has 2 atom stereocenters. The van der Waals surface area contributed by atoms with Crippen molar-refractivity contribution < 1.29 is 14.3 Å². The van der Waals surface area contributed by atoms with Crippen LogP contribution >= 0.6 is 11.3 Å². The molecule has 7 heteroatoms. The molecule has 1 N–H and O–H groups in total. The van der Waals surface area contributed by atoms with Gasteiger partial charge >= 0.3 is 0 Å². The van der Waals surface area contributed by atoms with Crippen LogP contribution in [0.3, 0.4) is 0 Å². The highest BCUT2D eigenvalue weighted by Crippen LogP contribution is 2.46. The number of carbonyl (C=O) groups is 2. The average molecular weight is 420 g/mol. The number of hydrogen-bond donors (Lipinski definition) is 1. The first-order chi connectivity index (χ1) is 13.9. The van der Waals surface area contributed by atoms with Gasteiger partial charge in [-0.25, -0.2) is 0 Å². The molecule has 0 aliphatic carbocycles. The third-order valence-electron chi connectivity index (χ3n) is 6.75. The molecule has 0 aromatic carbocycles. The molecule has 6 nitrogen and oxygen atoms in total. The predicted molar refractivity (Wildman–Crippen MR) is 114 cm³/mol. The number of thiophene rings is 1. The van der Waals surface area contributed by atoms with Crippen LogP contribution in [0.5, 0.6) is 0 Å². The van der Waals surface area contributed by atoms with Crippen molar-refractivity contribution in [3.63, 3.8) is 0 Å². The van der Waals surface area contributed by atoms with Crippen molar-refractivity contribution in [2.75, 3.05) is 39.3 Å². The number of amides is 2. The Labute approximate surface area is 177 Å². The van der Waals surface area contributed by atoms with Crippen molar-refractivity contribution in [2.45, 2.75) is 58.1 Å². The first kappa shape index (κ1) is 20.8. The number of rotatable bonds is 5. The van der Waals surface area contributed by atoms with Crippen LogP contribution in [-0.2, 0) is 32.8 Å². The fraction of sp³-hybridized carbons (Fsp3) is 0.727. The number of piperidine rings is 1. The van der Waals surface area contributed by atoms with E-state index in [1.807, 2.05) is 16.2 Å². The van der Waals surface area contributed by atoms with Crippen LogP contribution in [0.2, 0.25) is 0 Å². The van der Waals surface area contributed by atoms with Gasteiger partial charge < -0.3 is 19.9 Å². The Balaban J connectivity index is 1.31. The average Bonchev–Trinajstić information content (AvgIpc) is 3.09. The monoisotopic (exact) mass is 419 g/mol. The van der Waals surface area contributed by atoms with Crippen LogP contribution in [0.1, 0.15) is 48.9 Å². The molecule has 1 aromatic rings. The molecule has 0 bridgehead atoms. The Bertz CT molecular complexity index is 773. The Morgan fingerprint density at radius 2 is 2.17 bits per heavy atom. The van der Waals surface area contributed by atoms with E-state index in [0.717, 1.165) is 58.5 Å². The molecule has 0 unspecified atom stereocenters. The zero-order valence-electron chi connectivity index (χ0n) is 17.8. The normalized spacial score (nSPS) is 27.6. The minimum absolute atomic E-state index is 0.0226. The van der Waals surface area contributed by atoms with Crippen LogP contribution in [0.25, 0.3) is 0 Å². The van der Waals surface area contributed by atoms with Crippen molar-refractivity contribution in [1.82, 2.24) is 15.1 Å². The van der Waals surface area contributed by atoms with E-state index in [4.69, 9.17) is 4.74 Å². The largest absolute Gasteiger partial charge is 0.370 e. The van der Waals surface area contributed by atoms with Crippen molar-refractivity contribution in [2.24, 2.45) is 5.92 Å². The Morgan fingerprint density at radius 3 is 2.86 bits per heavy atom. The summed E-state index contributed by atoms with van der Waals surface area (Å²) in [5.41, 5.74) is 1.38. The van der Waals surface area contributed by atoms with Gasteiger partial charge in [0.25, 0.3) is 0 Å². The zero-order valence-corrected chi connectivity index (χ0v) is 18.6. The van der Waals surface area contributed by atoms with E-state index in [2.05, 4.69) is 30.1 Å². The number of fused-ring (bicyclic) bond motifs is 2. The summed E-state index contributed by atoms with van der Waals surface area (Å²) >= 11 is 1.98. The third kappa shape index (κ3) is 4.23. The molecule has 2 amide bonds. The van der Waals surface area contributed by atoms with E-state index >= 15 is 0 Å². The SMILES string of the molecule is CCc1cc2c(s1)CCO[C@@]21CCN(CC2CN(C(=O)CNC(C)=O)C2)[C@@H](C)C1. The van der Waals surface area contributed by atoms with Gasteiger partial charge in [0.1, 0.15) is 0 Å². The lowest BCUT2D eigenvalue weighted by Gasteiger charge is -2.49. The topological polar surface area (TPSA) is 61.9 Å². The van der Waals surface area contributed by atoms with Crippen molar-refractivity contribution in [3.05, 3.63) is 21.4 Å². The van der Waals surface area contributed by atoms with Crippen molar-refractivity contribution in [3.8, 4) is 0 Å². The Morgan fingerprint density at radius 1 is 1.38 bits per heavy atom. The summed E-state index contributed by atoms with van der Waals surface area (Å²) in [7, 11) is 0. The number of hydrogen-bond acceptors (Lipinski definition) is 5. The van der Waals surface area contributed by atoms with Gasteiger partial charge in [-0.15, -0.1) is 11.3 Å². The number of ether oxygens (including phenoxy) is 1. The lowest BCUT2D eigenvalue weighted by atomic mass is 9.79. The molecule has 1 aromatic heterocycles. The Kier molecular flexibility index (Phi) is 6.00. The molecule has 29 heavy (non-hydrogen) atoms. The zero-order chi connectivity index (χ0) is 20.6. The van der Waals surface area contributed by atoms with Crippen molar-refractivity contribution in [1.29, 1.82) is 0 Å². The lowest BCUT2D eigenvalue weighted by Crippen LogP contribution is -2.58. The second kappa shape index (κ2) is 8.36. The fourth-order valence-electron chi connectivity index (χ4n) is 5.08. The maximum atomic E-state index is 12.1. The van der Waals surface area contributed by atoms with Gasteiger partial charge in [0.05, 0.1) is 18.8 Å². The quantitative estimate of drug-likeness (QED) is 0.795. The van der Waals surface area contributed by atoms with Crippen LogP contribution in [-0.4, -0.2) is 67.0 Å². The summed E-state index contributed by atoms with van der Waals surface area (Å²) in [5.74, 6) is 0.397. The summed E-state index contributed by atoms with van der Waals surface area (Å²) < 4.78 is 6.44. The second-order valence-corrected chi connectivity index (χ2v) is 10.1. The summed E-state index contributed by atoms with van der Waals surface area (Å²) in [4.78, 5) is 30.5. The molecule has 3 aliphatic heterocycles. The summed E-state index contributed by atoms with van der Waals surface area (Å²) in [6.07, 6.45) is 4.28. The minimum atomic E-state index is -0.156. The van der Waals surface area contributed by atoms with Gasteiger partial charge in [0.2, 0.25) is 11.8 Å². The van der Waals surface area contributed by atoms with Gasteiger partial charge in [-0.1, -0.05) is 6.92 Å². The third-order valence-corrected chi connectivity index (χ3v) is 8.09. The van der Waals surface area contributed by atoms with Crippen LogP contribution < -0.4 is 5.32 Å². The van der Waals surface area contributed by atoms with Gasteiger partial charge in [0.15, 0.2) is 0 Å². The number of nitrogens with one attached hydrogen (secondary N) is 1. The molecule has 0 saturated carbocycles. The number of likely N-dealkylation sites (tertiary alicyclic amines) is 2. The van der Waals surface area contributed by atoms with Gasteiger partial charge in [0, 0.05) is 61.2 Å². The van der Waals surface area contributed by atoms with Gasteiger partial charge in [-0.05, 0) is 37.8 Å². The van der Waals surface area contributed by atoms with Crippen molar-refractivity contribution >= 4 is 23.2 Å². The maximum Gasteiger partial charge on any atom is 0.241 e. The van der Waals surface area contributed by atoms with E-state index in [9.17, 15) is 9.59 Å². The molecule has 2 fully saturated rings. The molecular formula is C22H33N3O3S. The highest BCUT2D eigenvalue weighted by atomic mass is 32.1. The maximum absolute atomic E-state index is 12.1. The van der Waals surface area contributed by atoms with Gasteiger partial charge in [-0.3, -0.25) is 9.59 Å². The molecule has 4 rings (SSSR count). The first-order valence-corrected chi connectivity index (χ1v) is 11.7. The van der Waals surface area contributed by atoms with Gasteiger partial charge in [-0.2, -0.15) is 0 Å². The number of carbonyl (C=O) groups excluding carboxylic acids is 2. The van der Waals surface area contributed by atoms with E-state index in [1.165, 1.54) is 17.4 Å². The summed E-state index contributed by atoms with van der Waals surface area (Å²) in [5, 5.41) is 2.59. The second-order valence-electron chi connectivity index (χ2n) is 8.87. The predicted octanol–water partition coefficient (Wildman–Crippen LogP) is 2.16. The molecule has 4 heterocycles. The number of nitrogens with zero attached hydrogens (tertiary/aromatic N) is 2. The smallest absolute Gasteiger partial charge is 0.241 e. The van der Waals surface area contributed by atoms with Crippen LogP contribution in [0.4, 0.5) is 0 Å². The first-order valence-electron chi connectivity index (χ1n) is 10.9. The Hall–Kier alpha value is -1.44. The molecule has 2 saturated heterocycles. The fourth-order valence-corrected chi connectivity index (χ4v) is 6.26. The molecule has 3 aliphatic rings. The van der Waals surface area contributed by atoms with E-state index < -0.39 is 0 Å².